The first kappa shape index (κ1) is 18.1. The predicted octanol–water partition coefficient (Wildman–Crippen LogP) is 5.23. The Hall–Kier alpha value is -1.73. The van der Waals surface area contributed by atoms with Gasteiger partial charge in [-0.3, -0.25) is 4.99 Å². The third-order valence-corrected chi connectivity index (χ3v) is 6.18. The van der Waals surface area contributed by atoms with Crippen LogP contribution in [0.1, 0.15) is 60.9 Å². The van der Waals surface area contributed by atoms with E-state index in [1.807, 2.05) is 6.20 Å². The number of nitrogens with zero attached hydrogens (tertiary/aromatic N) is 2. The number of benzene rings is 1. The first-order valence-corrected chi connectivity index (χ1v) is 10.3. The van der Waals surface area contributed by atoms with Crippen molar-refractivity contribution in [3.63, 3.8) is 0 Å². The zero-order chi connectivity index (χ0) is 17.8. The van der Waals surface area contributed by atoms with Crippen LogP contribution < -0.4 is 4.72 Å². The quantitative estimate of drug-likeness (QED) is 0.415. The molecule has 2 aliphatic rings. The van der Waals surface area contributed by atoms with Crippen LogP contribution in [0, 0.1) is 17.2 Å². The van der Waals surface area contributed by atoms with Crippen molar-refractivity contribution >= 4 is 24.4 Å². The van der Waals surface area contributed by atoms with Crippen LogP contribution in [-0.4, -0.2) is 12.5 Å². The summed E-state index contributed by atoms with van der Waals surface area (Å²) in [5.74, 6) is 1.53. The minimum Gasteiger partial charge on any atom is -0.329 e. The van der Waals surface area contributed by atoms with Gasteiger partial charge >= 0.3 is 0 Å². The maximum atomic E-state index is 9.64. The molecule has 0 saturated heterocycles. The summed E-state index contributed by atoms with van der Waals surface area (Å²) in [6.45, 7) is 7.99. The Kier molecular flexibility index (Phi) is 5.86. The first-order chi connectivity index (χ1) is 12.2. The van der Waals surface area contributed by atoms with Crippen molar-refractivity contribution in [3.05, 3.63) is 39.6 Å². The SMILES string of the molecule is C=N/C=C(\CCSNc1c2c(c(C#N)c3c1CCC3)CCC2)C(C)C. The van der Waals surface area contributed by atoms with E-state index in [4.69, 9.17) is 0 Å². The lowest BCUT2D eigenvalue weighted by atomic mass is 9.93. The molecule has 0 spiro atoms. The molecule has 0 bridgehead atoms. The lowest BCUT2D eigenvalue weighted by Crippen LogP contribution is -2.05. The van der Waals surface area contributed by atoms with Crippen LogP contribution in [0.25, 0.3) is 0 Å². The molecule has 3 nitrogen and oxygen atoms in total. The van der Waals surface area contributed by atoms with E-state index in [1.54, 1.807) is 11.9 Å². The van der Waals surface area contributed by atoms with Crippen LogP contribution in [0.4, 0.5) is 5.69 Å². The number of fused-ring (bicyclic) bond motifs is 2. The van der Waals surface area contributed by atoms with Crippen molar-refractivity contribution < 1.29 is 0 Å². The van der Waals surface area contributed by atoms with Gasteiger partial charge in [-0.05, 0) is 85.4 Å². The van der Waals surface area contributed by atoms with Crippen molar-refractivity contribution in [1.82, 2.24) is 0 Å². The Balaban J connectivity index is 1.75. The molecular formula is C21H27N3S. The van der Waals surface area contributed by atoms with Gasteiger partial charge in [-0.2, -0.15) is 5.26 Å². The van der Waals surface area contributed by atoms with Crippen LogP contribution in [0.15, 0.2) is 16.8 Å². The summed E-state index contributed by atoms with van der Waals surface area (Å²) in [5, 5.41) is 9.64. The van der Waals surface area contributed by atoms with E-state index < -0.39 is 0 Å². The third-order valence-electron chi connectivity index (χ3n) is 5.42. The predicted molar refractivity (Wildman–Crippen MR) is 108 cm³/mol. The summed E-state index contributed by atoms with van der Waals surface area (Å²) >= 11 is 1.79. The lowest BCUT2D eigenvalue weighted by molar-refractivity contribution is 0.731. The maximum absolute atomic E-state index is 9.64. The zero-order valence-corrected chi connectivity index (χ0v) is 16.1. The molecule has 0 saturated carbocycles. The highest BCUT2D eigenvalue weighted by molar-refractivity contribution is 8.00. The van der Waals surface area contributed by atoms with E-state index >= 15 is 0 Å². The second-order valence-corrected chi connectivity index (χ2v) is 8.13. The largest absolute Gasteiger partial charge is 0.329 e. The van der Waals surface area contributed by atoms with E-state index in [0.29, 0.717) is 5.92 Å². The second kappa shape index (κ2) is 8.10. The van der Waals surface area contributed by atoms with Crippen molar-refractivity contribution in [3.8, 4) is 6.07 Å². The van der Waals surface area contributed by atoms with Gasteiger partial charge in [0, 0.05) is 12.0 Å². The number of hydrogen-bond acceptors (Lipinski definition) is 4. The summed E-state index contributed by atoms with van der Waals surface area (Å²) < 4.78 is 3.67. The van der Waals surface area contributed by atoms with E-state index in [0.717, 1.165) is 43.4 Å². The van der Waals surface area contributed by atoms with Crippen molar-refractivity contribution in [2.45, 2.75) is 58.8 Å². The fourth-order valence-electron chi connectivity index (χ4n) is 4.13. The Morgan fingerprint density at radius 1 is 1.20 bits per heavy atom. The summed E-state index contributed by atoms with van der Waals surface area (Å²) in [5.41, 5.74) is 9.15. The van der Waals surface area contributed by atoms with Gasteiger partial charge in [0.1, 0.15) is 0 Å². The summed E-state index contributed by atoms with van der Waals surface area (Å²) in [6, 6.07) is 2.51. The molecule has 4 heteroatoms. The molecule has 0 fully saturated rings. The molecular weight excluding hydrogens is 326 g/mol. The first-order valence-electron chi connectivity index (χ1n) is 9.29. The average Bonchev–Trinajstić information content (AvgIpc) is 3.25. The van der Waals surface area contributed by atoms with Crippen LogP contribution in [-0.2, 0) is 25.7 Å². The number of anilines is 1. The number of nitrogens with one attached hydrogen (secondary N) is 1. The van der Waals surface area contributed by atoms with Gasteiger partial charge in [0.25, 0.3) is 0 Å². The number of aliphatic imine (C=N–C) groups is 1. The van der Waals surface area contributed by atoms with Gasteiger partial charge in [-0.25, -0.2) is 0 Å². The molecule has 3 rings (SSSR count). The molecule has 1 aromatic carbocycles. The summed E-state index contributed by atoms with van der Waals surface area (Å²) in [4.78, 5) is 3.94. The molecule has 1 N–H and O–H groups in total. The van der Waals surface area contributed by atoms with Crippen LogP contribution >= 0.6 is 11.9 Å². The molecule has 0 aromatic heterocycles. The standard InChI is InChI=1S/C21H27N3S/c1-14(2)15(13-23-3)10-11-25-24-21-18-8-4-6-16(18)20(12-22)17-7-5-9-19(17)21/h13-14,24H,3-11H2,1-2H3/b15-13+. The summed E-state index contributed by atoms with van der Waals surface area (Å²) in [6.07, 6.45) is 9.63. The molecule has 0 heterocycles. The number of allylic oxidation sites excluding steroid dienone is 1. The van der Waals surface area contributed by atoms with Gasteiger partial charge in [0.2, 0.25) is 0 Å². The molecule has 0 radical (unpaired) electrons. The Morgan fingerprint density at radius 3 is 2.32 bits per heavy atom. The highest BCUT2D eigenvalue weighted by Gasteiger charge is 2.28. The van der Waals surface area contributed by atoms with Gasteiger partial charge in [-0.15, -0.1) is 0 Å². The minimum atomic E-state index is 0.509. The van der Waals surface area contributed by atoms with Crippen molar-refractivity contribution in [2.24, 2.45) is 10.9 Å². The normalized spacial score (nSPS) is 15.8. The highest BCUT2D eigenvalue weighted by atomic mass is 32.2. The van der Waals surface area contributed by atoms with Crippen LogP contribution in [0.2, 0.25) is 0 Å². The summed E-state index contributed by atoms with van der Waals surface area (Å²) in [7, 11) is 0. The topological polar surface area (TPSA) is 48.2 Å². The van der Waals surface area contributed by atoms with Gasteiger partial charge in [0.15, 0.2) is 0 Å². The molecule has 0 aliphatic heterocycles. The van der Waals surface area contributed by atoms with Gasteiger partial charge in [-0.1, -0.05) is 25.8 Å². The monoisotopic (exact) mass is 353 g/mol. The Labute approximate surface area is 155 Å². The fourth-order valence-corrected chi connectivity index (χ4v) is 4.96. The van der Waals surface area contributed by atoms with Crippen LogP contribution in [0.3, 0.4) is 0 Å². The second-order valence-electron chi connectivity index (χ2n) is 7.22. The Bertz CT molecular complexity index is 705. The molecule has 1 aromatic rings. The number of nitriles is 1. The molecule has 2 aliphatic carbocycles. The molecule has 0 atom stereocenters. The van der Waals surface area contributed by atoms with E-state index in [-0.39, 0.29) is 0 Å². The Morgan fingerprint density at radius 2 is 1.80 bits per heavy atom. The number of hydrogen-bond donors (Lipinski definition) is 1. The van der Waals surface area contributed by atoms with E-state index in [1.165, 1.54) is 46.4 Å². The van der Waals surface area contributed by atoms with Gasteiger partial charge in [0.05, 0.1) is 17.3 Å². The third kappa shape index (κ3) is 3.62. The van der Waals surface area contributed by atoms with Crippen molar-refractivity contribution in [2.75, 3.05) is 10.5 Å². The van der Waals surface area contributed by atoms with Crippen molar-refractivity contribution in [1.29, 1.82) is 5.26 Å². The van der Waals surface area contributed by atoms with E-state index in [9.17, 15) is 5.26 Å². The number of rotatable bonds is 7. The lowest BCUT2D eigenvalue weighted by Gasteiger charge is -2.18. The minimum absolute atomic E-state index is 0.509. The van der Waals surface area contributed by atoms with E-state index in [2.05, 4.69) is 36.3 Å². The molecule has 132 valence electrons. The molecule has 0 unspecified atom stereocenters. The maximum Gasteiger partial charge on any atom is 0.0997 e. The van der Waals surface area contributed by atoms with Gasteiger partial charge < -0.3 is 4.72 Å². The highest BCUT2D eigenvalue weighted by Crippen LogP contribution is 2.42. The molecule has 0 amide bonds. The fraction of sp³-hybridized carbons (Fsp3) is 0.524. The molecule has 25 heavy (non-hydrogen) atoms. The average molecular weight is 354 g/mol. The zero-order valence-electron chi connectivity index (χ0n) is 15.3. The smallest absolute Gasteiger partial charge is 0.0997 e. The van der Waals surface area contributed by atoms with Crippen LogP contribution in [0.5, 0.6) is 0 Å².